The zero-order valence-electron chi connectivity index (χ0n) is 21.6. The molecule has 0 radical (unpaired) electrons. The fraction of sp³-hybridized carbons (Fsp3) is 0.615. The van der Waals surface area contributed by atoms with Gasteiger partial charge in [-0.15, -0.1) is 0 Å². The molecule has 0 spiro atoms. The van der Waals surface area contributed by atoms with Crippen LogP contribution in [-0.2, 0) is 27.1 Å². The number of fused-ring (bicyclic) bond motifs is 3. The second-order valence-electron chi connectivity index (χ2n) is 9.53. The highest BCUT2D eigenvalue weighted by atomic mass is 16.6. The minimum atomic E-state index is -0.621. The van der Waals surface area contributed by atoms with Crippen molar-refractivity contribution in [3.8, 4) is 0 Å². The van der Waals surface area contributed by atoms with E-state index in [0.717, 1.165) is 36.9 Å². The van der Waals surface area contributed by atoms with E-state index in [0.29, 0.717) is 49.6 Å². The first kappa shape index (κ1) is 25.9. The second-order valence-corrected chi connectivity index (χ2v) is 9.53. The van der Waals surface area contributed by atoms with Crippen LogP contribution in [0.25, 0.3) is 11.1 Å². The topological polar surface area (TPSA) is 114 Å². The summed E-state index contributed by atoms with van der Waals surface area (Å²) in [6.07, 6.45) is 3.55. The number of amides is 2. The fourth-order valence-electron chi connectivity index (χ4n) is 5.04. The molecule has 3 heterocycles. The van der Waals surface area contributed by atoms with Gasteiger partial charge in [0.15, 0.2) is 0 Å². The molecule has 2 aliphatic rings. The van der Waals surface area contributed by atoms with E-state index >= 15 is 0 Å². The number of esters is 1. The first-order valence-electron chi connectivity index (χ1n) is 12.9. The average Bonchev–Trinajstić information content (AvgIpc) is 3.22. The van der Waals surface area contributed by atoms with Crippen LogP contribution in [0.3, 0.4) is 0 Å². The van der Waals surface area contributed by atoms with E-state index in [1.807, 2.05) is 4.90 Å². The molecule has 2 aromatic rings. The predicted molar refractivity (Wildman–Crippen MR) is 134 cm³/mol. The molecule has 0 aromatic carbocycles. The van der Waals surface area contributed by atoms with Gasteiger partial charge >= 0.3 is 12.1 Å². The summed E-state index contributed by atoms with van der Waals surface area (Å²) < 4.78 is 16.2. The average molecular weight is 501 g/mol. The van der Waals surface area contributed by atoms with Gasteiger partial charge in [-0.1, -0.05) is 13.8 Å². The largest absolute Gasteiger partial charge is 0.460 e. The lowest BCUT2D eigenvalue weighted by Gasteiger charge is -2.33. The van der Waals surface area contributed by atoms with Crippen LogP contribution >= 0.6 is 0 Å². The highest BCUT2D eigenvalue weighted by Gasteiger charge is 2.31. The van der Waals surface area contributed by atoms with Crippen LogP contribution in [0.1, 0.15) is 73.8 Å². The third-order valence-electron chi connectivity index (χ3n) is 6.73. The molecule has 0 saturated carbocycles. The molecular formula is C26H36N4O6. The van der Waals surface area contributed by atoms with Crippen molar-refractivity contribution in [1.82, 2.24) is 14.8 Å². The molecule has 1 aliphatic heterocycles. The SMILES string of the molecule is CCOC(=O)c1oc2nc(C(C)C)c3c(c2c1NC(=O)CN1CCN(C(=O)OCC)CC1)CCCC3. The molecule has 4 rings (SSSR count). The van der Waals surface area contributed by atoms with Gasteiger partial charge in [-0.2, -0.15) is 0 Å². The number of carbonyl (C=O) groups is 3. The van der Waals surface area contributed by atoms with Crippen LogP contribution in [0.4, 0.5) is 10.5 Å². The molecule has 0 atom stereocenters. The number of aromatic nitrogens is 1. The molecule has 196 valence electrons. The Bertz CT molecular complexity index is 1130. The Morgan fingerprint density at radius 1 is 1.00 bits per heavy atom. The van der Waals surface area contributed by atoms with Crippen molar-refractivity contribution in [1.29, 1.82) is 0 Å². The Hall–Kier alpha value is -3.14. The molecule has 1 fully saturated rings. The number of nitrogens with zero attached hydrogens (tertiary/aromatic N) is 3. The van der Waals surface area contributed by atoms with Crippen molar-refractivity contribution in [2.24, 2.45) is 0 Å². The molecule has 36 heavy (non-hydrogen) atoms. The van der Waals surface area contributed by atoms with E-state index in [1.165, 1.54) is 5.56 Å². The van der Waals surface area contributed by atoms with Gasteiger partial charge in [0.2, 0.25) is 17.4 Å². The van der Waals surface area contributed by atoms with E-state index in [-0.39, 0.29) is 36.8 Å². The van der Waals surface area contributed by atoms with Gasteiger partial charge in [-0.3, -0.25) is 9.69 Å². The molecule has 0 bridgehead atoms. The number of pyridine rings is 1. The quantitative estimate of drug-likeness (QED) is 0.572. The summed E-state index contributed by atoms with van der Waals surface area (Å²) >= 11 is 0. The van der Waals surface area contributed by atoms with E-state index in [1.54, 1.807) is 18.7 Å². The number of hydrogen-bond acceptors (Lipinski definition) is 8. The van der Waals surface area contributed by atoms with Crippen LogP contribution < -0.4 is 5.32 Å². The number of nitrogens with one attached hydrogen (secondary N) is 1. The maximum atomic E-state index is 13.1. The van der Waals surface area contributed by atoms with Crippen LogP contribution in [0.5, 0.6) is 0 Å². The van der Waals surface area contributed by atoms with Gasteiger partial charge in [0.1, 0.15) is 5.69 Å². The summed E-state index contributed by atoms with van der Waals surface area (Å²) in [6.45, 7) is 10.4. The summed E-state index contributed by atoms with van der Waals surface area (Å²) in [4.78, 5) is 46.3. The van der Waals surface area contributed by atoms with Gasteiger partial charge in [0.25, 0.3) is 0 Å². The molecule has 1 saturated heterocycles. The van der Waals surface area contributed by atoms with Gasteiger partial charge in [-0.25, -0.2) is 14.6 Å². The number of aryl methyl sites for hydroxylation is 1. The first-order valence-corrected chi connectivity index (χ1v) is 12.9. The maximum Gasteiger partial charge on any atom is 0.409 e. The van der Waals surface area contributed by atoms with Crippen LogP contribution in [0.15, 0.2) is 4.42 Å². The van der Waals surface area contributed by atoms with E-state index in [2.05, 4.69) is 19.2 Å². The van der Waals surface area contributed by atoms with E-state index in [4.69, 9.17) is 18.9 Å². The fourth-order valence-corrected chi connectivity index (χ4v) is 5.04. The Labute approximate surface area is 211 Å². The number of carbonyl (C=O) groups excluding carboxylic acids is 3. The number of anilines is 1. The molecule has 10 heteroatoms. The van der Waals surface area contributed by atoms with Crippen molar-refractivity contribution < 1.29 is 28.3 Å². The zero-order chi connectivity index (χ0) is 25.8. The van der Waals surface area contributed by atoms with Gasteiger partial charge in [-0.05, 0) is 56.6 Å². The normalized spacial score (nSPS) is 16.2. The van der Waals surface area contributed by atoms with E-state index < -0.39 is 5.97 Å². The number of piperazine rings is 1. The maximum absolute atomic E-state index is 13.1. The second kappa shape index (κ2) is 11.3. The van der Waals surface area contributed by atoms with E-state index in [9.17, 15) is 14.4 Å². The molecule has 1 N–H and O–H groups in total. The minimum absolute atomic E-state index is 0.0199. The lowest BCUT2D eigenvalue weighted by Crippen LogP contribution is -2.50. The van der Waals surface area contributed by atoms with Crippen molar-refractivity contribution >= 4 is 34.8 Å². The summed E-state index contributed by atoms with van der Waals surface area (Å²) in [5.41, 5.74) is 4.00. The lowest BCUT2D eigenvalue weighted by molar-refractivity contribution is -0.117. The summed E-state index contributed by atoms with van der Waals surface area (Å²) in [7, 11) is 0. The molecule has 1 aliphatic carbocycles. The third kappa shape index (κ3) is 5.33. The Morgan fingerprint density at radius 3 is 2.31 bits per heavy atom. The monoisotopic (exact) mass is 500 g/mol. The Balaban J connectivity index is 1.60. The molecule has 2 amide bonds. The third-order valence-corrected chi connectivity index (χ3v) is 6.73. The summed E-state index contributed by atoms with van der Waals surface area (Å²) in [5, 5.41) is 3.66. The van der Waals surface area contributed by atoms with Crippen molar-refractivity contribution in [2.45, 2.75) is 59.3 Å². The summed E-state index contributed by atoms with van der Waals surface area (Å²) in [6, 6.07) is 0. The minimum Gasteiger partial charge on any atom is -0.460 e. The smallest absolute Gasteiger partial charge is 0.409 e. The standard InChI is InChI=1S/C26H36N4O6/c1-5-34-25(32)23-22(27-19(31)15-29-11-13-30(14-12-29)26(33)35-6-2)20-17-9-7-8-10-18(17)21(16(3)4)28-24(20)36-23/h16H,5-15H2,1-4H3,(H,27,31). The molecule has 10 nitrogen and oxygen atoms in total. The predicted octanol–water partition coefficient (Wildman–Crippen LogP) is 3.72. The lowest BCUT2D eigenvalue weighted by atomic mass is 9.86. The van der Waals surface area contributed by atoms with Crippen LogP contribution in [0, 0.1) is 0 Å². The number of hydrogen-bond donors (Lipinski definition) is 1. The van der Waals surface area contributed by atoms with Crippen molar-refractivity contribution in [3.05, 3.63) is 22.6 Å². The Kier molecular flexibility index (Phi) is 8.13. The van der Waals surface area contributed by atoms with Gasteiger partial charge in [0, 0.05) is 26.2 Å². The molecular weight excluding hydrogens is 464 g/mol. The van der Waals surface area contributed by atoms with Crippen LogP contribution in [0.2, 0.25) is 0 Å². The number of ether oxygens (including phenoxy) is 2. The van der Waals surface area contributed by atoms with Gasteiger partial charge in [0.05, 0.1) is 30.8 Å². The summed E-state index contributed by atoms with van der Waals surface area (Å²) in [5.74, 6) is -0.688. The molecule has 0 unspecified atom stereocenters. The van der Waals surface area contributed by atoms with Crippen LogP contribution in [-0.4, -0.2) is 78.7 Å². The first-order chi connectivity index (χ1) is 17.3. The zero-order valence-corrected chi connectivity index (χ0v) is 21.6. The Morgan fingerprint density at radius 2 is 1.67 bits per heavy atom. The van der Waals surface area contributed by atoms with Crippen molar-refractivity contribution in [3.63, 3.8) is 0 Å². The molecule has 2 aromatic heterocycles. The van der Waals surface area contributed by atoms with Crippen molar-refractivity contribution in [2.75, 3.05) is 51.3 Å². The number of rotatable bonds is 7. The number of furan rings is 1. The highest BCUT2D eigenvalue weighted by Crippen LogP contribution is 2.40. The highest BCUT2D eigenvalue weighted by molar-refractivity contribution is 6.10. The van der Waals surface area contributed by atoms with Gasteiger partial charge < -0.3 is 24.1 Å².